The first-order valence-corrected chi connectivity index (χ1v) is 6.38. The third kappa shape index (κ3) is 2.10. The van der Waals surface area contributed by atoms with Gasteiger partial charge >= 0.3 is 0 Å². The maximum Gasteiger partial charge on any atom is 0.166 e. The summed E-state index contributed by atoms with van der Waals surface area (Å²) in [5, 5.41) is 9.19. The van der Waals surface area contributed by atoms with Gasteiger partial charge in [0, 0.05) is 24.5 Å². The summed E-state index contributed by atoms with van der Waals surface area (Å²) in [5.41, 5.74) is 2.71. The zero-order valence-corrected chi connectivity index (χ0v) is 10.7. The lowest BCUT2D eigenvalue weighted by molar-refractivity contribution is 0.272. The number of halogens is 1. The van der Waals surface area contributed by atoms with Crippen LogP contribution >= 0.6 is 0 Å². The van der Waals surface area contributed by atoms with Gasteiger partial charge in [-0.15, -0.1) is 0 Å². The van der Waals surface area contributed by atoms with Gasteiger partial charge in [0.25, 0.3) is 0 Å². The molecule has 98 valence electrons. The third-order valence-corrected chi connectivity index (χ3v) is 3.55. The fourth-order valence-corrected chi connectivity index (χ4v) is 2.37. The average molecular weight is 258 g/mol. The van der Waals surface area contributed by atoms with Crippen molar-refractivity contribution in [1.82, 2.24) is 0 Å². The minimum atomic E-state index is -0.359. The lowest BCUT2D eigenvalue weighted by atomic mass is 9.94. The van der Waals surface area contributed by atoms with Crippen LogP contribution in [0.15, 0.2) is 36.4 Å². The van der Waals surface area contributed by atoms with Crippen LogP contribution in [0, 0.1) is 5.82 Å². The highest BCUT2D eigenvalue weighted by molar-refractivity contribution is 5.51. The molecular formula is C16H15FO2. The first-order valence-electron chi connectivity index (χ1n) is 6.38. The lowest BCUT2D eigenvalue weighted by Gasteiger charge is -2.22. The van der Waals surface area contributed by atoms with Crippen LogP contribution in [0.3, 0.4) is 0 Å². The fraction of sp³-hybridized carbons (Fsp3) is 0.250. The Balaban J connectivity index is 2.06. The second-order valence-electron chi connectivity index (χ2n) is 4.96. The van der Waals surface area contributed by atoms with E-state index in [1.165, 1.54) is 6.07 Å². The van der Waals surface area contributed by atoms with Gasteiger partial charge in [0.05, 0.1) is 0 Å². The molecule has 2 aromatic rings. The highest BCUT2D eigenvalue weighted by atomic mass is 19.1. The van der Waals surface area contributed by atoms with Gasteiger partial charge in [-0.05, 0) is 23.3 Å². The van der Waals surface area contributed by atoms with E-state index < -0.39 is 0 Å². The van der Waals surface area contributed by atoms with E-state index in [0.717, 1.165) is 22.4 Å². The SMILES string of the molecule is CC(CO)c1cc(F)c2c(c1)Cc1ccccc1O2. The van der Waals surface area contributed by atoms with E-state index in [9.17, 15) is 9.50 Å². The minimum absolute atomic E-state index is 0.00959. The molecule has 0 aliphatic carbocycles. The van der Waals surface area contributed by atoms with Crippen LogP contribution in [0.25, 0.3) is 0 Å². The molecule has 1 heterocycles. The Labute approximate surface area is 111 Å². The van der Waals surface area contributed by atoms with Crippen molar-refractivity contribution in [2.45, 2.75) is 19.3 Å². The van der Waals surface area contributed by atoms with E-state index in [4.69, 9.17) is 4.74 Å². The monoisotopic (exact) mass is 258 g/mol. The second kappa shape index (κ2) is 4.67. The molecule has 0 bridgehead atoms. The molecule has 0 amide bonds. The summed E-state index contributed by atoms with van der Waals surface area (Å²) in [7, 11) is 0. The maximum absolute atomic E-state index is 14.1. The van der Waals surface area contributed by atoms with Crippen LogP contribution in [0.5, 0.6) is 11.5 Å². The topological polar surface area (TPSA) is 29.5 Å². The minimum Gasteiger partial charge on any atom is -0.454 e. The zero-order valence-electron chi connectivity index (χ0n) is 10.7. The Morgan fingerprint density at radius 1 is 1.26 bits per heavy atom. The van der Waals surface area contributed by atoms with Crippen LogP contribution in [0.1, 0.15) is 29.5 Å². The van der Waals surface area contributed by atoms with Gasteiger partial charge in [0.15, 0.2) is 11.6 Å². The molecule has 1 aliphatic heterocycles. The molecule has 2 nitrogen and oxygen atoms in total. The molecule has 19 heavy (non-hydrogen) atoms. The number of rotatable bonds is 2. The normalized spacial score (nSPS) is 14.3. The Kier molecular flexibility index (Phi) is 2.99. The van der Waals surface area contributed by atoms with E-state index >= 15 is 0 Å². The van der Waals surface area contributed by atoms with Crippen molar-refractivity contribution in [2.24, 2.45) is 0 Å². The van der Waals surface area contributed by atoms with Crippen molar-refractivity contribution in [3.63, 3.8) is 0 Å². The van der Waals surface area contributed by atoms with E-state index in [-0.39, 0.29) is 18.3 Å². The lowest BCUT2D eigenvalue weighted by Crippen LogP contribution is -2.08. The third-order valence-electron chi connectivity index (χ3n) is 3.55. The number of hydrogen-bond acceptors (Lipinski definition) is 2. The smallest absolute Gasteiger partial charge is 0.166 e. The van der Waals surface area contributed by atoms with Gasteiger partial charge in [-0.2, -0.15) is 0 Å². The van der Waals surface area contributed by atoms with Crippen LogP contribution in [-0.2, 0) is 6.42 Å². The van der Waals surface area contributed by atoms with E-state index in [1.807, 2.05) is 37.3 Å². The summed E-state index contributed by atoms with van der Waals surface area (Å²) >= 11 is 0. The van der Waals surface area contributed by atoms with Crippen molar-refractivity contribution in [3.8, 4) is 11.5 Å². The fourth-order valence-electron chi connectivity index (χ4n) is 2.37. The second-order valence-corrected chi connectivity index (χ2v) is 4.96. The van der Waals surface area contributed by atoms with E-state index in [2.05, 4.69) is 0 Å². The highest BCUT2D eigenvalue weighted by Gasteiger charge is 2.21. The molecule has 0 radical (unpaired) electrons. The number of aliphatic hydroxyl groups excluding tert-OH is 1. The molecule has 0 aromatic heterocycles. The van der Waals surface area contributed by atoms with Gasteiger partial charge in [-0.25, -0.2) is 4.39 Å². The first kappa shape index (κ1) is 12.2. The molecule has 2 aromatic carbocycles. The van der Waals surface area contributed by atoms with Gasteiger partial charge in [-0.3, -0.25) is 0 Å². The number of benzene rings is 2. The van der Waals surface area contributed by atoms with E-state index in [0.29, 0.717) is 12.2 Å². The summed E-state index contributed by atoms with van der Waals surface area (Å²) in [5.74, 6) is 0.601. The zero-order chi connectivity index (χ0) is 13.4. The molecular weight excluding hydrogens is 243 g/mol. The standard InChI is InChI=1S/C16H15FO2/c1-10(9-18)12-7-13-6-11-4-2-3-5-15(11)19-16(13)14(17)8-12/h2-5,7-8,10,18H,6,9H2,1H3. The number of hydrogen-bond donors (Lipinski definition) is 1. The summed E-state index contributed by atoms with van der Waals surface area (Å²) in [6.45, 7) is 1.88. The molecule has 0 saturated carbocycles. The van der Waals surface area contributed by atoms with Crippen molar-refractivity contribution >= 4 is 0 Å². The predicted molar refractivity (Wildman–Crippen MR) is 71.2 cm³/mol. The average Bonchev–Trinajstić information content (AvgIpc) is 2.44. The van der Waals surface area contributed by atoms with E-state index in [1.54, 1.807) is 0 Å². The van der Waals surface area contributed by atoms with Crippen molar-refractivity contribution in [3.05, 3.63) is 58.9 Å². The molecule has 0 spiro atoms. The maximum atomic E-state index is 14.1. The number of fused-ring (bicyclic) bond motifs is 2. The summed E-state index contributed by atoms with van der Waals surface area (Å²) < 4.78 is 19.8. The van der Waals surface area contributed by atoms with Crippen LogP contribution < -0.4 is 4.74 Å². The molecule has 1 atom stereocenters. The summed E-state index contributed by atoms with van der Waals surface area (Å²) in [6.07, 6.45) is 0.661. The Morgan fingerprint density at radius 3 is 2.84 bits per heavy atom. The Bertz CT molecular complexity index is 622. The molecule has 0 fully saturated rings. The van der Waals surface area contributed by atoms with Crippen molar-refractivity contribution in [2.75, 3.05) is 6.61 Å². The van der Waals surface area contributed by atoms with Crippen LogP contribution in [0.2, 0.25) is 0 Å². The van der Waals surface area contributed by atoms with Gasteiger partial charge < -0.3 is 9.84 Å². The van der Waals surface area contributed by atoms with Crippen LogP contribution in [0.4, 0.5) is 4.39 Å². The molecule has 1 N–H and O–H groups in total. The summed E-state index contributed by atoms with van der Waals surface area (Å²) in [4.78, 5) is 0. The van der Waals surface area contributed by atoms with Crippen LogP contribution in [-0.4, -0.2) is 11.7 Å². The van der Waals surface area contributed by atoms with Gasteiger partial charge in [-0.1, -0.05) is 31.2 Å². The number of para-hydroxylation sites is 1. The van der Waals surface area contributed by atoms with Gasteiger partial charge in [0.2, 0.25) is 0 Å². The Hall–Kier alpha value is -1.87. The quantitative estimate of drug-likeness (QED) is 0.760. The first-order chi connectivity index (χ1) is 9.19. The Morgan fingerprint density at radius 2 is 2.05 bits per heavy atom. The molecule has 3 rings (SSSR count). The molecule has 3 heteroatoms. The van der Waals surface area contributed by atoms with Crippen molar-refractivity contribution < 1.29 is 14.2 Å². The number of ether oxygens (including phenoxy) is 1. The predicted octanol–water partition coefficient (Wildman–Crippen LogP) is 3.62. The molecule has 1 aliphatic rings. The molecule has 0 saturated heterocycles. The largest absolute Gasteiger partial charge is 0.454 e. The molecule has 1 unspecified atom stereocenters. The van der Waals surface area contributed by atoms with Crippen molar-refractivity contribution in [1.29, 1.82) is 0 Å². The summed E-state index contributed by atoms with van der Waals surface area (Å²) in [6, 6.07) is 11.0. The highest BCUT2D eigenvalue weighted by Crippen LogP contribution is 2.39. The number of aliphatic hydroxyl groups is 1. The van der Waals surface area contributed by atoms with Gasteiger partial charge in [0.1, 0.15) is 5.75 Å².